The molecule has 0 radical (unpaired) electrons. The first-order valence-electron chi connectivity index (χ1n) is 6.45. The molecular weight excluding hydrogens is 318 g/mol. The average molecular weight is 334 g/mol. The zero-order valence-corrected chi connectivity index (χ0v) is 12.8. The van der Waals surface area contributed by atoms with E-state index in [0.29, 0.717) is 6.54 Å². The van der Waals surface area contributed by atoms with E-state index in [1.54, 1.807) is 12.1 Å². The Morgan fingerprint density at radius 3 is 2.55 bits per heavy atom. The first kappa shape index (κ1) is 14.6. The Hall–Kier alpha value is -1.81. The molecule has 2 rings (SSSR count). The second-order valence-corrected chi connectivity index (χ2v) is 5.38. The molecule has 0 aromatic heterocycles. The van der Waals surface area contributed by atoms with Crippen molar-refractivity contribution in [3.05, 3.63) is 63.6 Å². The van der Waals surface area contributed by atoms with Crippen LogP contribution in [0.5, 0.6) is 5.75 Å². The van der Waals surface area contributed by atoms with Crippen molar-refractivity contribution in [1.82, 2.24) is 5.32 Å². The quantitative estimate of drug-likeness (QED) is 0.897. The van der Waals surface area contributed by atoms with Crippen molar-refractivity contribution in [2.45, 2.75) is 19.9 Å². The summed E-state index contributed by atoms with van der Waals surface area (Å²) in [6, 6.07) is 12.8. The van der Waals surface area contributed by atoms with Gasteiger partial charge in [-0.1, -0.05) is 47.1 Å². The summed E-state index contributed by atoms with van der Waals surface area (Å²) in [4.78, 5) is 12.1. The molecule has 0 saturated heterocycles. The smallest absolute Gasteiger partial charge is 0.255 e. The largest absolute Gasteiger partial charge is 0.507 e. The minimum absolute atomic E-state index is 0.0272. The Labute approximate surface area is 126 Å². The van der Waals surface area contributed by atoms with Gasteiger partial charge in [0.25, 0.3) is 5.91 Å². The molecule has 0 atom stereocenters. The van der Waals surface area contributed by atoms with Gasteiger partial charge < -0.3 is 10.4 Å². The minimum atomic E-state index is -0.277. The molecule has 2 N–H and O–H groups in total. The average Bonchev–Trinajstić information content (AvgIpc) is 2.45. The SMILES string of the molecule is CCc1ccccc1CNC(=O)c1ccc(Br)cc1O. The number of amides is 1. The third-order valence-corrected chi connectivity index (χ3v) is 3.64. The number of phenolic OH excluding ortho intramolecular Hbond substituents is 1. The van der Waals surface area contributed by atoms with E-state index in [1.807, 2.05) is 18.2 Å². The van der Waals surface area contributed by atoms with Gasteiger partial charge in [-0.05, 0) is 35.7 Å². The topological polar surface area (TPSA) is 49.3 Å². The van der Waals surface area contributed by atoms with E-state index in [9.17, 15) is 9.90 Å². The van der Waals surface area contributed by atoms with Crippen molar-refractivity contribution in [2.24, 2.45) is 0 Å². The number of carbonyl (C=O) groups excluding carboxylic acids is 1. The van der Waals surface area contributed by atoms with Crippen LogP contribution in [-0.4, -0.2) is 11.0 Å². The molecule has 2 aromatic rings. The Morgan fingerprint density at radius 1 is 1.20 bits per heavy atom. The van der Waals surface area contributed by atoms with E-state index in [1.165, 1.54) is 11.6 Å². The van der Waals surface area contributed by atoms with Gasteiger partial charge in [-0.2, -0.15) is 0 Å². The van der Waals surface area contributed by atoms with Gasteiger partial charge in [0.15, 0.2) is 0 Å². The van der Waals surface area contributed by atoms with Gasteiger partial charge in [-0.25, -0.2) is 0 Å². The molecule has 0 bridgehead atoms. The van der Waals surface area contributed by atoms with Gasteiger partial charge in [0.05, 0.1) is 5.56 Å². The summed E-state index contributed by atoms with van der Waals surface area (Å²) in [6.45, 7) is 2.54. The molecule has 104 valence electrons. The fraction of sp³-hybridized carbons (Fsp3) is 0.188. The van der Waals surface area contributed by atoms with E-state index in [-0.39, 0.29) is 17.2 Å². The molecule has 0 unspecified atom stereocenters. The second kappa shape index (κ2) is 6.57. The number of rotatable bonds is 4. The number of aryl methyl sites for hydroxylation is 1. The molecule has 4 heteroatoms. The van der Waals surface area contributed by atoms with Crippen molar-refractivity contribution in [3.8, 4) is 5.75 Å². The number of nitrogens with one attached hydrogen (secondary N) is 1. The van der Waals surface area contributed by atoms with Crippen LogP contribution in [0.4, 0.5) is 0 Å². The Kier molecular flexibility index (Phi) is 4.79. The lowest BCUT2D eigenvalue weighted by molar-refractivity contribution is 0.0948. The molecule has 0 heterocycles. The number of benzene rings is 2. The van der Waals surface area contributed by atoms with Crippen LogP contribution < -0.4 is 5.32 Å². The van der Waals surface area contributed by atoms with Gasteiger partial charge in [0.2, 0.25) is 0 Å². The number of aromatic hydroxyl groups is 1. The first-order valence-corrected chi connectivity index (χ1v) is 7.24. The molecule has 2 aromatic carbocycles. The van der Waals surface area contributed by atoms with Crippen molar-refractivity contribution < 1.29 is 9.90 Å². The number of hydrogen-bond donors (Lipinski definition) is 2. The van der Waals surface area contributed by atoms with Crippen LogP contribution in [0.2, 0.25) is 0 Å². The van der Waals surface area contributed by atoms with E-state index in [2.05, 4.69) is 34.2 Å². The van der Waals surface area contributed by atoms with E-state index in [4.69, 9.17) is 0 Å². The van der Waals surface area contributed by atoms with Crippen LogP contribution in [0.25, 0.3) is 0 Å². The van der Waals surface area contributed by atoms with Crippen LogP contribution in [-0.2, 0) is 13.0 Å². The number of carbonyl (C=O) groups is 1. The molecule has 0 saturated carbocycles. The molecule has 0 aliphatic carbocycles. The maximum Gasteiger partial charge on any atom is 0.255 e. The Balaban J connectivity index is 2.09. The van der Waals surface area contributed by atoms with E-state index < -0.39 is 0 Å². The van der Waals surface area contributed by atoms with Gasteiger partial charge in [0, 0.05) is 11.0 Å². The fourth-order valence-corrected chi connectivity index (χ4v) is 2.39. The highest BCUT2D eigenvalue weighted by Crippen LogP contribution is 2.22. The van der Waals surface area contributed by atoms with Crippen LogP contribution in [0.1, 0.15) is 28.4 Å². The molecule has 0 fully saturated rings. The van der Waals surface area contributed by atoms with Crippen LogP contribution in [0.3, 0.4) is 0 Å². The van der Waals surface area contributed by atoms with Crippen LogP contribution in [0, 0.1) is 0 Å². The third kappa shape index (κ3) is 3.39. The van der Waals surface area contributed by atoms with Gasteiger partial charge in [0.1, 0.15) is 5.75 Å². The maximum absolute atomic E-state index is 12.1. The van der Waals surface area contributed by atoms with Crippen molar-refractivity contribution in [1.29, 1.82) is 0 Å². The monoisotopic (exact) mass is 333 g/mol. The van der Waals surface area contributed by atoms with Crippen LogP contribution >= 0.6 is 15.9 Å². The second-order valence-electron chi connectivity index (χ2n) is 4.47. The van der Waals surface area contributed by atoms with Crippen molar-refractivity contribution >= 4 is 21.8 Å². The summed E-state index contributed by atoms with van der Waals surface area (Å²) in [5, 5.41) is 12.6. The zero-order valence-electron chi connectivity index (χ0n) is 11.2. The lowest BCUT2D eigenvalue weighted by Gasteiger charge is -2.10. The Morgan fingerprint density at radius 2 is 1.90 bits per heavy atom. The minimum Gasteiger partial charge on any atom is -0.507 e. The molecule has 20 heavy (non-hydrogen) atoms. The molecule has 0 aliphatic heterocycles. The third-order valence-electron chi connectivity index (χ3n) is 3.14. The first-order chi connectivity index (χ1) is 9.61. The Bertz CT molecular complexity index is 626. The highest BCUT2D eigenvalue weighted by Gasteiger charge is 2.11. The summed E-state index contributed by atoms with van der Waals surface area (Å²) in [6.07, 6.45) is 0.926. The summed E-state index contributed by atoms with van der Waals surface area (Å²) < 4.78 is 0.739. The van der Waals surface area contributed by atoms with E-state index >= 15 is 0 Å². The van der Waals surface area contributed by atoms with Gasteiger partial charge in [-0.15, -0.1) is 0 Å². The highest BCUT2D eigenvalue weighted by molar-refractivity contribution is 9.10. The summed E-state index contributed by atoms with van der Waals surface area (Å²) in [7, 11) is 0. The normalized spacial score (nSPS) is 10.3. The molecule has 0 spiro atoms. The van der Waals surface area contributed by atoms with Gasteiger partial charge in [-0.3, -0.25) is 4.79 Å². The maximum atomic E-state index is 12.1. The predicted octanol–water partition coefficient (Wildman–Crippen LogP) is 3.65. The molecular formula is C16H16BrNO2. The summed E-state index contributed by atoms with van der Waals surface area (Å²) >= 11 is 3.25. The lowest BCUT2D eigenvalue weighted by atomic mass is 10.1. The fourth-order valence-electron chi connectivity index (χ4n) is 2.04. The highest BCUT2D eigenvalue weighted by atomic mass is 79.9. The predicted molar refractivity (Wildman–Crippen MR) is 82.8 cm³/mol. The standard InChI is InChI=1S/C16H16BrNO2/c1-2-11-5-3-4-6-12(11)10-18-16(20)14-8-7-13(17)9-15(14)19/h3-9,19H,2,10H2,1H3,(H,18,20). The zero-order chi connectivity index (χ0) is 14.5. The number of phenols is 1. The molecule has 3 nitrogen and oxygen atoms in total. The molecule has 0 aliphatic rings. The van der Waals surface area contributed by atoms with E-state index in [0.717, 1.165) is 16.5 Å². The van der Waals surface area contributed by atoms with Gasteiger partial charge >= 0.3 is 0 Å². The lowest BCUT2D eigenvalue weighted by Crippen LogP contribution is -2.23. The summed E-state index contributed by atoms with van der Waals surface area (Å²) in [5.41, 5.74) is 2.59. The molecule has 1 amide bonds. The van der Waals surface area contributed by atoms with Crippen LogP contribution in [0.15, 0.2) is 46.9 Å². The summed E-state index contributed by atoms with van der Waals surface area (Å²) in [5.74, 6) is -0.304. The van der Waals surface area contributed by atoms with Crippen molar-refractivity contribution in [2.75, 3.05) is 0 Å². The number of hydrogen-bond acceptors (Lipinski definition) is 2. The number of halogens is 1. The van der Waals surface area contributed by atoms with Crippen molar-refractivity contribution in [3.63, 3.8) is 0 Å².